The van der Waals surface area contributed by atoms with E-state index in [1.807, 2.05) is 26.0 Å². The molecule has 4 nitrogen and oxygen atoms in total. The summed E-state index contributed by atoms with van der Waals surface area (Å²) < 4.78 is 6.37. The Hall–Kier alpha value is -1.36. The first-order valence-electron chi connectivity index (χ1n) is 4.95. The van der Waals surface area contributed by atoms with Gasteiger partial charge in [0.15, 0.2) is 0 Å². The molecule has 0 radical (unpaired) electrons. The maximum Gasteiger partial charge on any atom is 0.144 e. The molecular formula is C11H12BrN3O. The zero-order chi connectivity index (χ0) is 11.5. The van der Waals surface area contributed by atoms with Gasteiger partial charge in [-0.15, -0.1) is 0 Å². The molecule has 2 aromatic rings. The van der Waals surface area contributed by atoms with E-state index in [1.54, 1.807) is 6.20 Å². The van der Waals surface area contributed by atoms with Crippen molar-refractivity contribution in [2.75, 3.05) is 5.32 Å². The Morgan fingerprint density at radius 1 is 1.44 bits per heavy atom. The summed E-state index contributed by atoms with van der Waals surface area (Å²) in [4.78, 5) is 8.05. The molecule has 2 aromatic heterocycles. The van der Waals surface area contributed by atoms with Gasteiger partial charge in [-0.3, -0.25) is 0 Å². The van der Waals surface area contributed by atoms with Gasteiger partial charge in [0.1, 0.15) is 23.7 Å². The molecule has 84 valence electrons. The number of nitrogens with zero attached hydrogens (tertiary/aromatic N) is 2. The molecule has 2 rings (SSSR count). The number of furan rings is 1. The smallest absolute Gasteiger partial charge is 0.144 e. The molecule has 0 saturated heterocycles. The van der Waals surface area contributed by atoms with Crippen molar-refractivity contribution in [3.05, 3.63) is 40.7 Å². The van der Waals surface area contributed by atoms with E-state index in [9.17, 15) is 0 Å². The molecule has 0 amide bonds. The SMILES string of the molecule is Cc1ccc(C(C)Nc2ncncc2Br)o1. The highest BCUT2D eigenvalue weighted by molar-refractivity contribution is 9.10. The van der Waals surface area contributed by atoms with Gasteiger partial charge in [0.05, 0.1) is 10.5 Å². The molecule has 1 N–H and O–H groups in total. The van der Waals surface area contributed by atoms with E-state index in [0.29, 0.717) is 0 Å². The monoisotopic (exact) mass is 281 g/mol. The number of halogens is 1. The highest BCUT2D eigenvalue weighted by atomic mass is 79.9. The minimum Gasteiger partial charge on any atom is -0.464 e. The summed E-state index contributed by atoms with van der Waals surface area (Å²) in [6.07, 6.45) is 3.21. The molecule has 0 saturated carbocycles. The van der Waals surface area contributed by atoms with Gasteiger partial charge in [-0.05, 0) is 41.9 Å². The van der Waals surface area contributed by atoms with Crippen LogP contribution in [0.1, 0.15) is 24.5 Å². The number of rotatable bonds is 3. The number of nitrogens with one attached hydrogen (secondary N) is 1. The van der Waals surface area contributed by atoms with Crippen LogP contribution >= 0.6 is 15.9 Å². The molecule has 1 atom stereocenters. The Bertz CT molecular complexity index is 484. The summed E-state index contributed by atoms with van der Waals surface area (Å²) in [5.74, 6) is 2.56. The molecule has 16 heavy (non-hydrogen) atoms. The van der Waals surface area contributed by atoms with Crippen LogP contribution in [0.3, 0.4) is 0 Å². The van der Waals surface area contributed by atoms with Gasteiger partial charge < -0.3 is 9.73 Å². The summed E-state index contributed by atoms with van der Waals surface area (Å²) in [7, 11) is 0. The Labute approximate surface area is 102 Å². The second kappa shape index (κ2) is 4.65. The lowest BCUT2D eigenvalue weighted by Gasteiger charge is -2.12. The van der Waals surface area contributed by atoms with Crippen LogP contribution in [-0.2, 0) is 0 Å². The van der Waals surface area contributed by atoms with E-state index < -0.39 is 0 Å². The second-order valence-corrected chi connectivity index (χ2v) is 4.39. The van der Waals surface area contributed by atoms with Crippen LogP contribution < -0.4 is 5.32 Å². The summed E-state index contributed by atoms with van der Waals surface area (Å²) in [5.41, 5.74) is 0. The second-order valence-electron chi connectivity index (χ2n) is 3.53. The molecule has 0 aromatic carbocycles. The Morgan fingerprint density at radius 3 is 2.88 bits per heavy atom. The van der Waals surface area contributed by atoms with E-state index in [4.69, 9.17) is 4.42 Å². The number of aromatic nitrogens is 2. The molecular weight excluding hydrogens is 270 g/mol. The fraction of sp³-hybridized carbons (Fsp3) is 0.273. The van der Waals surface area contributed by atoms with Gasteiger partial charge in [-0.25, -0.2) is 9.97 Å². The topological polar surface area (TPSA) is 51.0 Å². The number of hydrogen-bond donors (Lipinski definition) is 1. The number of aryl methyl sites for hydroxylation is 1. The molecule has 0 spiro atoms. The Balaban J connectivity index is 2.13. The Kier molecular flexibility index (Phi) is 3.24. The van der Waals surface area contributed by atoms with E-state index in [2.05, 4.69) is 31.2 Å². The lowest BCUT2D eigenvalue weighted by atomic mass is 10.2. The summed E-state index contributed by atoms with van der Waals surface area (Å²) in [6.45, 7) is 3.95. The zero-order valence-electron chi connectivity index (χ0n) is 9.07. The molecule has 0 fully saturated rings. The number of hydrogen-bond acceptors (Lipinski definition) is 4. The lowest BCUT2D eigenvalue weighted by Crippen LogP contribution is -2.07. The fourth-order valence-corrected chi connectivity index (χ4v) is 1.72. The maximum absolute atomic E-state index is 5.54. The Morgan fingerprint density at radius 2 is 2.25 bits per heavy atom. The van der Waals surface area contributed by atoms with Gasteiger partial charge in [0.2, 0.25) is 0 Å². The normalized spacial score (nSPS) is 12.4. The van der Waals surface area contributed by atoms with Gasteiger partial charge >= 0.3 is 0 Å². The van der Waals surface area contributed by atoms with Gasteiger partial charge in [-0.2, -0.15) is 0 Å². The minimum atomic E-state index is 0.0694. The third-order valence-corrected chi connectivity index (χ3v) is 2.79. The fourth-order valence-electron chi connectivity index (χ4n) is 1.38. The largest absolute Gasteiger partial charge is 0.464 e. The van der Waals surface area contributed by atoms with Crippen molar-refractivity contribution in [3.8, 4) is 0 Å². The summed E-state index contributed by atoms with van der Waals surface area (Å²) in [5, 5.41) is 3.25. The first-order valence-corrected chi connectivity index (χ1v) is 5.74. The van der Waals surface area contributed by atoms with Crippen molar-refractivity contribution in [2.45, 2.75) is 19.9 Å². The van der Waals surface area contributed by atoms with E-state index in [1.165, 1.54) is 6.33 Å². The summed E-state index contributed by atoms with van der Waals surface area (Å²) >= 11 is 3.38. The van der Waals surface area contributed by atoms with Crippen LogP contribution in [0, 0.1) is 6.92 Å². The van der Waals surface area contributed by atoms with E-state index in [0.717, 1.165) is 21.8 Å². The van der Waals surface area contributed by atoms with Crippen molar-refractivity contribution in [1.82, 2.24) is 9.97 Å². The minimum absolute atomic E-state index is 0.0694. The summed E-state index contributed by atoms with van der Waals surface area (Å²) in [6, 6.07) is 3.98. The van der Waals surface area contributed by atoms with Crippen LogP contribution in [-0.4, -0.2) is 9.97 Å². The standard InChI is InChI=1S/C11H12BrN3O/c1-7-3-4-10(16-7)8(2)15-11-9(12)5-13-6-14-11/h3-6,8H,1-2H3,(H,13,14,15). The van der Waals surface area contributed by atoms with E-state index >= 15 is 0 Å². The van der Waals surface area contributed by atoms with Crippen LogP contribution in [0.15, 0.2) is 33.5 Å². The van der Waals surface area contributed by atoms with Crippen LogP contribution in [0.2, 0.25) is 0 Å². The third kappa shape index (κ3) is 2.41. The highest BCUT2D eigenvalue weighted by Gasteiger charge is 2.11. The molecule has 0 bridgehead atoms. The van der Waals surface area contributed by atoms with Crippen molar-refractivity contribution in [1.29, 1.82) is 0 Å². The molecule has 5 heteroatoms. The first kappa shape index (κ1) is 11.1. The predicted octanol–water partition coefficient (Wildman–Crippen LogP) is 3.31. The predicted molar refractivity (Wildman–Crippen MR) is 65.2 cm³/mol. The van der Waals surface area contributed by atoms with Gasteiger partial charge in [-0.1, -0.05) is 0 Å². The van der Waals surface area contributed by atoms with Crippen molar-refractivity contribution in [3.63, 3.8) is 0 Å². The molecule has 0 aliphatic carbocycles. The average Bonchev–Trinajstić information content (AvgIpc) is 2.68. The highest BCUT2D eigenvalue weighted by Crippen LogP contribution is 2.24. The third-order valence-electron chi connectivity index (χ3n) is 2.21. The molecule has 0 aliphatic heterocycles. The molecule has 2 heterocycles. The quantitative estimate of drug-likeness (QED) is 0.938. The van der Waals surface area contributed by atoms with Gasteiger partial charge in [0, 0.05) is 6.20 Å². The van der Waals surface area contributed by atoms with Gasteiger partial charge in [0.25, 0.3) is 0 Å². The van der Waals surface area contributed by atoms with E-state index in [-0.39, 0.29) is 6.04 Å². The maximum atomic E-state index is 5.54. The van der Waals surface area contributed by atoms with Crippen molar-refractivity contribution in [2.24, 2.45) is 0 Å². The lowest BCUT2D eigenvalue weighted by molar-refractivity contribution is 0.466. The van der Waals surface area contributed by atoms with Crippen LogP contribution in [0.25, 0.3) is 0 Å². The molecule has 1 unspecified atom stereocenters. The van der Waals surface area contributed by atoms with Crippen molar-refractivity contribution < 1.29 is 4.42 Å². The van der Waals surface area contributed by atoms with Crippen molar-refractivity contribution >= 4 is 21.7 Å². The first-order chi connectivity index (χ1) is 7.66. The zero-order valence-corrected chi connectivity index (χ0v) is 10.7. The molecule has 0 aliphatic rings. The van der Waals surface area contributed by atoms with Crippen LogP contribution in [0.5, 0.6) is 0 Å². The average molecular weight is 282 g/mol. The van der Waals surface area contributed by atoms with Crippen LogP contribution in [0.4, 0.5) is 5.82 Å². The number of anilines is 1.